The Labute approximate surface area is 244 Å². The van der Waals surface area contributed by atoms with Gasteiger partial charge in [-0.15, -0.1) is 0 Å². The molecular weight excluding hydrogens is 512 g/mol. The first-order chi connectivity index (χ1) is 20.2. The van der Waals surface area contributed by atoms with Gasteiger partial charge in [0.05, 0.1) is 30.6 Å². The third-order valence-corrected chi connectivity index (χ3v) is 8.25. The van der Waals surface area contributed by atoms with Gasteiger partial charge in [0.2, 0.25) is 0 Å². The van der Waals surface area contributed by atoms with Crippen LogP contribution in [0.4, 0.5) is 5.69 Å². The zero-order chi connectivity index (χ0) is 28.3. The zero-order valence-electron chi connectivity index (χ0n) is 24.5. The van der Waals surface area contributed by atoms with Gasteiger partial charge in [-0.2, -0.15) is 0 Å². The van der Waals surface area contributed by atoms with Crippen molar-refractivity contribution < 1.29 is 14.3 Å². The van der Waals surface area contributed by atoms with Crippen LogP contribution in [0.1, 0.15) is 43.4 Å². The summed E-state index contributed by atoms with van der Waals surface area (Å²) in [6.07, 6.45) is 10.7. The number of carbonyl (C=O) groups excluding carboxylic acids is 1. The molecule has 2 aromatic carbocycles. The first-order valence-electron chi connectivity index (χ1n) is 15.3. The summed E-state index contributed by atoms with van der Waals surface area (Å²) in [6.45, 7) is 9.48. The number of ether oxygens (including phenoxy) is 2. The number of methoxy groups -OCH3 is 1. The fourth-order valence-electron chi connectivity index (χ4n) is 5.81. The van der Waals surface area contributed by atoms with Crippen molar-refractivity contribution in [2.75, 3.05) is 71.0 Å². The molecule has 0 saturated carbocycles. The molecule has 1 aromatic heterocycles. The molecule has 2 fully saturated rings. The number of esters is 1. The monoisotopic (exact) mass is 556 g/mol. The van der Waals surface area contributed by atoms with Crippen molar-refractivity contribution in [3.05, 3.63) is 71.9 Å². The first-order valence-corrected chi connectivity index (χ1v) is 15.3. The molecule has 5 rings (SSSR count). The highest BCUT2D eigenvalue weighted by molar-refractivity contribution is 5.92. The molecule has 0 N–H and O–H groups in total. The predicted octanol–water partition coefficient (Wildman–Crippen LogP) is 5.43. The molecule has 0 amide bonds. The van der Waals surface area contributed by atoms with Crippen LogP contribution >= 0.6 is 0 Å². The third kappa shape index (κ3) is 8.54. The molecule has 0 atom stereocenters. The predicted molar refractivity (Wildman–Crippen MR) is 167 cm³/mol. The van der Waals surface area contributed by atoms with Crippen LogP contribution in [-0.2, 0) is 16.0 Å². The van der Waals surface area contributed by atoms with Gasteiger partial charge in [0, 0.05) is 50.7 Å². The minimum absolute atomic E-state index is 0.380. The number of aromatic nitrogens is 1. The summed E-state index contributed by atoms with van der Waals surface area (Å²) in [5, 5.41) is 1.10. The first kappa shape index (κ1) is 29.1. The quantitative estimate of drug-likeness (QED) is 0.177. The normalized spacial score (nSPS) is 17.1. The summed E-state index contributed by atoms with van der Waals surface area (Å²) >= 11 is 0. The van der Waals surface area contributed by atoms with Crippen LogP contribution in [0, 0.1) is 0 Å². The van der Waals surface area contributed by atoms with Gasteiger partial charge in [-0.1, -0.05) is 43.2 Å². The average Bonchev–Trinajstić information content (AvgIpc) is 3.30. The number of pyridine rings is 1. The van der Waals surface area contributed by atoms with Gasteiger partial charge in [0.25, 0.3) is 0 Å². The second-order valence-corrected chi connectivity index (χ2v) is 11.1. The maximum Gasteiger partial charge on any atom is 0.330 e. The second-order valence-electron chi connectivity index (χ2n) is 11.1. The number of hydrogen-bond donors (Lipinski definition) is 0. The number of anilines is 1. The van der Waals surface area contributed by atoms with Crippen molar-refractivity contribution in [1.82, 2.24) is 14.8 Å². The number of carbonyl (C=O) groups is 1. The third-order valence-electron chi connectivity index (χ3n) is 8.25. The SMILES string of the molecule is COC(=O)C=Cc1ccc2cccc(N3CCN(CCc4ccc(OCCCN5CCCCCC5)cc4)CC3)c2n1. The molecule has 41 heavy (non-hydrogen) atoms. The summed E-state index contributed by atoms with van der Waals surface area (Å²) in [4.78, 5) is 23.9. The van der Waals surface area contributed by atoms with E-state index < -0.39 is 0 Å². The Balaban J connectivity index is 1.06. The van der Waals surface area contributed by atoms with E-state index in [9.17, 15) is 4.79 Å². The number of para-hydroxylation sites is 1. The highest BCUT2D eigenvalue weighted by Gasteiger charge is 2.19. The van der Waals surface area contributed by atoms with E-state index in [4.69, 9.17) is 14.5 Å². The zero-order valence-corrected chi connectivity index (χ0v) is 24.5. The molecule has 7 nitrogen and oxygen atoms in total. The van der Waals surface area contributed by atoms with E-state index in [0.717, 1.165) is 86.8 Å². The maximum atomic E-state index is 11.5. The van der Waals surface area contributed by atoms with E-state index in [1.54, 1.807) is 6.08 Å². The van der Waals surface area contributed by atoms with Crippen LogP contribution in [-0.4, -0.2) is 86.8 Å². The maximum absolute atomic E-state index is 11.5. The number of rotatable bonds is 11. The molecule has 3 heterocycles. The van der Waals surface area contributed by atoms with E-state index in [-0.39, 0.29) is 5.97 Å². The molecule has 0 bridgehead atoms. The minimum atomic E-state index is -0.380. The Morgan fingerprint density at radius 1 is 0.854 bits per heavy atom. The van der Waals surface area contributed by atoms with Crippen molar-refractivity contribution in [3.63, 3.8) is 0 Å². The molecule has 7 heteroatoms. The smallest absolute Gasteiger partial charge is 0.330 e. The van der Waals surface area contributed by atoms with E-state index in [1.807, 2.05) is 6.07 Å². The van der Waals surface area contributed by atoms with Crippen molar-refractivity contribution in [2.45, 2.75) is 38.5 Å². The van der Waals surface area contributed by atoms with Gasteiger partial charge in [-0.25, -0.2) is 9.78 Å². The minimum Gasteiger partial charge on any atom is -0.494 e. The highest BCUT2D eigenvalue weighted by atomic mass is 16.5. The summed E-state index contributed by atoms with van der Waals surface area (Å²) < 4.78 is 10.7. The number of hydrogen-bond acceptors (Lipinski definition) is 7. The van der Waals surface area contributed by atoms with Gasteiger partial charge < -0.3 is 19.3 Å². The van der Waals surface area contributed by atoms with Crippen LogP contribution in [0.15, 0.2) is 60.7 Å². The Hall–Kier alpha value is -3.42. The molecule has 0 aliphatic carbocycles. The van der Waals surface area contributed by atoms with Gasteiger partial charge in [0.1, 0.15) is 5.75 Å². The lowest BCUT2D eigenvalue weighted by Crippen LogP contribution is -2.47. The molecule has 3 aromatic rings. The van der Waals surface area contributed by atoms with Crippen molar-refractivity contribution >= 4 is 28.6 Å². The lowest BCUT2D eigenvalue weighted by atomic mass is 10.1. The van der Waals surface area contributed by atoms with Gasteiger partial charge in [-0.3, -0.25) is 4.90 Å². The Morgan fingerprint density at radius 2 is 1.61 bits per heavy atom. The Bertz CT molecular complexity index is 1280. The fourth-order valence-corrected chi connectivity index (χ4v) is 5.81. The van der Waals surface area contributed by atoms with Crippen LogP contribution < -0.4 is 9.64 Å². The number of nitrogens with zero attached hydrogens (tertiary/aromatic N) is 4. The van der Waals surface area contributed by atoms with Gasteiger partial charge in [0.15, 0.2) is 0 Å². The molecule has 218 valence electrons. The number of likely N-dealkylation sites (tertiary alicyclic amines) is 1. The lowest BCUT2D eigenvalue weighted by molar-refractivity contribution is -0.134. The van der Waals surface area contributed by atoms with E-state index >= 15 is 0 Å². The van der Waals surface area contributed by atoms with Crippen molar-refractivity contribution in [2.24, 2.45) is 0 Å². The lowest BCUT2D eigenvalue weighted by Gasteiger charge is -2.36. The van der Waals surface area contributed by atoms with Crippen LogP contribution in [0.25, 0.3) is 17.0 Å². The molecule has 2 aliphatic rings. The summed E-state index contributed by atoms with van der Waals surface area (Å²) in [5.74, 6) is 0.598. The highest BCUT2D eigenvalue weighted by Crippen LogP contribution is 2.27. The van der Waals surface area contributed by atoms with Crippen LogP contribution in [0.2, 0.25) is 0 Å². The number of piperazine rings is 1. The number of benzene rings is 2. The Kier molecular flexibility index (Phi) is 10.6. The van der Waals surface area contributed by atoms with E-state index in [2.05, 4.69) is 63.2 Å². The average molecular weight is 557 g/mol. The molecule has 0 unspecified atom stereocenters. The molecule has 2 aliphatic heterocycles. The standard InChI is InChI=1S/C34H44N4O3/c1-40-33(39)17-14-30-13-12-29-8-6-9-32(34(29)35-30)38-25-23-37(24-26-38)22-18-28-10-15-31(16-11-28)41-27-7-21-36-19-4-2-3-5-20-36/h6,8-17H,2-5,7,18-27H2,1H3. The van der Waals surface area contributed by atoms with Crippen molar-refractivity contribution in [3.8, 4) is 5.75 Å². The summed E-state index contributed by atoms with van der Waals surface area (Å²) in [6, 6.07) is 19.0. The molecule has 2 saturated heterocycles. The summed E-state index contributed by atoms with van der Waals surface area (Å²) in [5.41, 5.74) is 4.23. The largest absolute Gasteiger partial charge is 0.494 e. The number of fused-ring (bicyclic) bond motifs is 1. The Morgan fingerprint density at radius 3 is 2.37 bits per heavy atom. The topological polar surface area (TPSA) is 58.1 Å². The second kappa shape index (κ2) is 15.0. The van der Waals surface area contributed by atoms with Crippen molar-refractivity contribution in [1.29, 1.82) is 0 Å². The van der Waals surface area contributed by atoms with Gasteiger partial charge in [-0.05, 0) is 74.7 Å². The summed E-state index contributed by atoms with van der Waals surface area (Å²) in [7, 11) is 1.38. The van der Waals surface area contributed by atoms with Crippen LogP contribution in [0.5, 0.6) is 5.75 Å². The van der Waals surface area contributed by atoms with Crippen LogP contribution in [0.3, 0.4) is 0 Å². The fraction of sp³-hybridized carbons (Fsp3) is 0.471. The van der Waals surface area contributed by atoms with Gasteiger partial charge >= 0.3 is 5.97 Å². The molecule has 0 radical (unpaired) electrons. The van der Waals surface area contributed by atoms with E-state index in [0.29, 0.717) is 0 Å². The van der Waals surface area contributed by atoms with E-state index in [1.165, 1.54) is 57.5 Å². The molecule has 0 spiro atoms. The molecular formula is C34H44N4O3.